The molecule has 0 aliphatic heterocycles. The van der Waals surface area contributed by atoms with Crippen molar-refractivity contribution in [2.45, 2.75) is 0 Å². The highest BCUT2D eigenvalue weighted by atomic mass is 32.1. The molecule has 0 fully saturated rings. The average molecular weight is 736 g/mol. The Hall–Kier alpha value is -6.66. The standard InChI is InChI=1S/C50H29N3S2/c1-3-15-30(16-4-1)32-27-33(50-51-45(31-17-5-2-6-18-31)49-46(52-50)39-23-11-14-26-42(39)55-49)29-34(28-32)53-40-24-12-9-21-37(40)43-35-19-7-8-20-36(35)44-38-22-10-13-25-41(38)54-48(44)47(43)53/h1-29H. The highest BCUT2D eigenvalue weighted by molar-refractivity contribution is 7.27. The molecule has 4 heterocycles. The van der Waals surface area contributed by atoms with Gasteiger partial charge in [-0.15, -0.1) is 22.7 Å². The Morgan fingerprint density at radius 3 is 1.73 bits per heavy atom. The second kappa shape index (κ2) is 11.9. The van der Waals surface area contributed by atoms with Crippen molar-refractivity contribution in [3.63, 3.8) is 0 Å². The lowest BCUT2D eigenvalue weighted by atomic mass is 9.99. The molecule has 5 heteroatoms. The van der Waals surface area contributed by atoms with Crippen molar-refractivity contribution in [3.8, 4) is 39.5 Å². The predicted molar refractivity (Wildman–Crippen MR) is 236 cm³/mol. The Morgan fingerprint density at radius 1 is 0.400 bits per heavy atom. The molecule has 0 bridgehead atoms. The van der Waals surface area contributed by atoms with Crippen LogP contribution in [0.4, 0.5) is 0 Å². The van der Waals surface area contributed by atoms with Crippen LogP contribution < -0.4 is 0 Å². The van der Waals surface area contributed by atoms with Crippen LogP contribution in [0.15, 0.2) is 176 Å². The highest BCUT2D eigenvalue weighted by Gasteiger charge is 2.23. The van der Waals surface area contributed by atoms with Crippen LogP contribution >= 0.6 is 22.7 Å². The first kappa shape index (κ1) is 30.8. The largest absolute Gasteiger partial charge is 0.308 e. The molecule has 0 radical (unpaired) electrons. The molecule has 12 rings (SSSR count). The van der Waals surface area contributed by atoms with Gasteiger partial charge in [-0.05, 0) is 58.3 Å². The number of thiophene rings is 2. The number of nitrogens with zero attached hydrogens (tertiary/aromatic N) is 3. The van der Waals surface area contributed by atoms with Gasteiger partial charge in [0.15, 0.2) is 5.82 Å². The van der Waals surface area contributed by atoms with E-state index in [-0.39, 0.29) is 0 Å². The first-order valence-electron chi connectivity index (χ1n) is 18.5. The Morgan fingerprint density at radius 2 is 0.964 bits per heavy atom. The zero-order chi connectivity index (χ0) is 36.0. The van der Waals surface area contributed by atoms with E-state index >= 15 is 0 Å². The molecule has 0 aliphatic rings. The third-order valence-corrected chi connectivity index (χ3v) is 13.3. The van der Waals surface area contributed by atoms with E-state index in [9.17, 15) is 0 Å². The van der Waals surface area contributed by atoms with Gasteiger partial charge < -0.3 is 4.57 Å². The van der Waals surface area contributed by atoms with Gasteiger partial charge in [0.2, 0.25) is 0 Å². The molecule has 0 unspecified atom stereocenters. The monoisotopic (exact) mass is 735 g/mol. The summed E-state index contributed by atoms with van der Waals surface area (Å²) in [4.78, 5) is 10.8. The van der Waals surface area contributed by atoms with Crippen molar-refractivity contribution in [1.29, 1.82) is 0 Å². The van der Waals surface area contributed by atoms with Crippen LogP contribution in [0.3, 0.4) is 0 Å². The first-order chi connectivity index (χ1) is 27.3. The van der Waals surface area contributed by atoms with Crippen LogP contribution in [0.1, 0.15) is 0 Å². The van der Waals surface area contributed by atoms with Gasteiger partial charge in [-0.2, -0.15) is 0 Å². The van der Waals surface area contributed by atoms with Crippen LogP contribution in [0.25, 0.3) is 113 Å². The van der Waals surface area contributed by atoms with E-state index in [4.69, 9.17) is 9.97 Å². The van der Waals surface area contributed by atoms with Crippen LogP contribution in [-0.4, -0.2) is 14.5 Å². The Bertz CT molecular complexity index is 3480. The minimum Gasteiger partial charge on any atom is -0.308 e. The molecule has 0 atom stereocenters. The number of benzene rings is 8. The number of aromatic nitrogens is 3. The third kappa shape index (κ3) is 4.61. The van der Waals surface area contributed by atoms with Crippen LogP contribution in [0.2, 0.25) is 0 Å². The van der Waals surface area contributed by atoms with Crippen molar-refractivity contribution in [3.05, 3.63) is 176 Å². The minimum atomic E-state index is 0.715. The number of fused-ring (bicyclic) bond motifs is 13. The van der Waals surface area contributed by atoms with Crippen molar-refractivity contribution in [2.24, 2.45) is 0 Å². The SMILES string of the molecule is c1ccc(-c2cc(-c3nc(-c4ccccc4)c4sc5ccccc5c4n3)cc(-n3c4ccccc4c4c5ccccc5c5c6ccccc6sc5c43)c2)cc1. The molecular formula is C50H29N3S2. The Kier molecular flexibility index (Phi) is 6.67. The van der Waals surface area contributed by atoms with Gasteiger partial charge in [0, 0.05) is 53.1 Å². The number of hydrogen-bond donors (Lipinski definition) is 0. The average Bonchev–Trinajstić information content (AvgIpc) is 3.94. The van der Waals surface area contributed by atoms with Crippen LogP contribution in [-0.2, 0) is 0 Å². The fourth-order valence-electron chi connectivity index (χ4n) is 8.57. The molecule has 55 heavy (non-hydrogen) atoms. The number of para-hydroxylation sites is 1. The van der Waals surface area contributed by atoms with Crippen molar-refractivity contribution >= 4 is 95.7 Å². The van der Waals surface area contributed by atoms with Gasteiger partial charge in [-0.3, -0.25) is 0 Å². The Labute approximate surface area is 324 Å². The normalized spacial score (nSPS) is 12.0. The molecule has 0 N–H and O–H groups in total. The summed E-state index contributed by atoms with van der Waals surface area (Å²) in [6.45, 7) is 0. The highest BCUT2D eigenvalue weighted by Crippen LogP contribution is 2.48. The maximum absolute atomic E-state index is 5.43. The molecule has 0 saturated carbocycles. The smallest absolute Gasteiger partial charge is 0.160 e. The maximum atomic E-state index is 5.43. The van der Waals surface area contributed by atoms with Gasteiger partial charge in [-0.1, -0.05) is 140 Å². The number of rotatable bonds is 4. The molecule has 3 nitrogen and oxygen atoms in total. The fourth-order valence-corrected chi connectivity index (χ4v) is 11.0. The van der Waals surface area contributed by atoms with Gasteiger partial charge in [0.05, 0.1) is 31.6 Å². The van der Waals surface area contributed by atoms with E-state index < -0.39 is 0 Å². The summed E-state index contributed by atoms with van der Waals surface area (Å²) >= 11 is 3.66. The zero-order valence-electron chi connectivity index (χ0n) is 29.4. The summed E-state index contributed by atoms with van der Waals surface area (Å²) in [5.74, 6) is 0.715. The lowest BCUT2D eigenvalue weighted by Gasteiger charge is -2.15. The third-order valence-electron chi connectivity index (χ3n) is 11.0. The van der Waals surface area contributed by atoms with Crippen molar-refractivity contribution < 1.29 is 0 Å². The molecule has 0 amide bonds. The van der Waals surface area contributed by atoms with Crippen LogP contribution in [0.5, 0.6) is 0 Å². The molecule has 12 aromatic rings. The summed E-state index contributed by atoms with van der Waals surface area (Å²) in [5, 5.41) is 8.87. The molecular weight excluding hydrogens is 707 g/mol. The molecule has 0 spiro atoms. The number of hydrogen-bond acceptors (Lipinski definition) is 4. The molecule has 0 aliphatic carbocycles. The summed E-state index contributed by atoms with van der Waals surface area (Å²) in [6, 6.07) is 63.4. The predicted octanol–water partition coefficient (Wildman–Crippen LogP) is 14.5. The summed E-state index contributed by atoms with van der Waals surface area (Å²) in [5.41, 5.74) is 9.77. The van der Waals surface area contributed by atoms with Gasteiger partial charge >= 0.3 is 0 Å². The summed E-state index contributed by atoms with van der Waals surface area (Å²) in [7, 11) is 0. The van der Waals surface area contributed by atoms with E-state index in [1.165, 1.54) is 57.5 Å². The fraction of sp³-hybridized carbons (Fsp3) is 0. The second-order valence-electron chi connectivity index (χ2n) is 14.1. The second-order valence-corrected chi connectivity index (χ2v) is 16.2. The molecule has 8 aromatic carbocycles. The van der Waals surface area contributed by atoms with Gasteiger partial charge in [0.25, 0.3) is 0 Å². The first-order valence-corrected chi connectivity index (χ1v) is 20.1. The Balaban J connectivity index is 1.23. The van der Waals surface area contributed by atoms with E-state index in [0.717, 1.165) is 49.2 Å². The van der Waals surface area contributed by atoms with E-state index in [1.54, 1.807) is 11.3 Å². The van der Waals surface area contributed by atoms with E-state index in [2.05, 4.69) is 180 Å². The lowest BCUT2D eigenvalue weighted by molar-refractivity contribution is 1.18. The van der Waals surface area contributed by atoms with Crippen molar-refractivity contribution in [1.82, 2.24) is 14.5 Å². The maximum Gasteiger partial charge on any atom is 0.160 e. The topological polar surface area (TPSA) is 30.7 Å². The lowest BCUT2D eigenvalue weighted by Crippen LogP contribution is -1.98. The quantitative estimate of drug-likeness (QED) is 0.180. The van der Waals surface area contributed by atoms with Crippen molar-refractivity contribution in [2.75, 3.05) is 0 Å². The molecule has 0 saturated heterocycles. The van der Waals surface area contributed by atoms with E-state index in [0.29, 0.717) is 5.82 Å². The van der Waals surface area contributed by atoms with Gasteiger partial charge in [0.1, 0.15) is 0 Å². The minimum absolute atomic E-state index is 0.715. The van der Waals surface area contributed by atoms with Crippen LogP contribution in [0, 0.1) is 0 Å². The van der Waals surface area contributed by atoms with Gasteiger partial charge in [-0.25, -0.2) is 9.97 Å². The summed E-state index contributed by atoms with van der Waals surface area (Å²) < 4.78 is 7.42. The zero-order valence-corrected chi connectivity index (χ0v) is 31.0. The van der Waals surface area contributed by atoms with E-state index in [1.807, 2.05) is 11.3 Å². The molecule has 4 aromatic heterocycles. The molecule has 256 valence electrons. The summed E-state index contributed by atoms with van der Waals surface area (Å²) in [6.07, 6.45) is 0.